The molecule has 1 aliphatic carbocycles. The lowest BCUT2D eigenvalue weighted by Gasteiger charge is -2.29. The number of carbonyl (C=O) groups is 1. The van der Waals surface area contributed by atoms with Crippen LogP contribution in [0.15, 0.2) is 73.7 Å². The first-order valence-corrected chi connectivity index (χ1v) is 8.35. The zero-order valence-electron chi connectivity index (χ0n) is 14.4. The average Bonchev–Trinajstić information content (AvgIpc) is 2.65. The molecule has 0 fully saturated rings. The van der Waals surface area contributed by atoms with E-state index in [9.17, 15) is 23.7 Å². The summed E-state index contributed by atoms with van der Waals surface area (Å²) >= 11 is 0. The predicted octanol–water partition coefficient (Wildman–Crippen LogP) is 0.128. The molecule has 28 heavy (non-hydrogen) atoms. The number of hydrogen-bond donors (Lipinski definition) is 3. The number of aromatic amines is 2. The van der Waals surface area contributed by atoms with Gasteiger partial charge in [0.25, 0.3) is 5.91 Å². The lowest BCUT2D eigenvalue weighted by atomic mass is 9.92. The fourth-order valence-electron chi connectivity index (χ4n) is 3.22. The van der Waals surface area contributed by atoms with Crippen molar-refractivity contribution in [3.05, 3.63) is 96.4 Å². The minimum Gasteiger partial charge on any atom is -0.267 e. The molecule has 0 spiro atoms. The van der Waals surface area contributed by atoms with Crippen molar-refractivity contribution in [3.8, 4) is 5.69 Å². The van der Waals surface area contributed by atoms with E-state index in [0.29, 0.717) is 23.1 Å². The van der Waals surface area contributed by atoms with Gasteiger partial charge in [0, 0.05) is 12.0 Å². The Morgan fingerprint density at radius 3 is 2.57 bits per heavy atom. The quantitative estimate of drug-likeness (QED) is 0.651. The molecule has 4 rings (SSSR count). The number of rotatable bonds is 3. The number of nitrogens with zero attached hydrogens (tertiary/aromatic N) is 2. The van der Waals surface area contributed by atoms with Gasteiger partial charge in [-0.05, 0) is 35.8 Å². The van der Waals surface area contributed by atoms with Crippen LogP contribution in [0.3, 0.4) is 0 Å². The van der Waals surface area contributed by atoms with E-state index in [0.717, 1.165) is 4.57 Å². The number of nitrogens with one attached hydrogen (secondary N) is 3. The number of hydrogen-bond acceptors (Lipinski definition) is 5. The number of allylic oxidation sites excluding steroid dienone is 4. The summed E-state index contributed by atoms with van der Waals surface area (Å²) in [6.45, 7) is 0. The van der Waals surface area contributed by atoms with Gasteiger partial charge >= 0.3 is 17.1 Å². The summed E-state index contributed by atoms with van der Waals surface area (Å²) in [5.41, 5.74) is 1.52. The van der Waals surface area contributed by atoms with Crippen LogP contribution in [0, 0.1) is 0 Å². The van der Waals surface area contributed by atoms with Crippen molar-refractivity contribution in [1.82, 2.24) is 25.2 Å². The molecule has 1 aliphatic heterocycles. The summed E-state index contributed by atoms with van der Waals surface area (Å²) in [4.78, 5) is 51.1. The van der Waals surface area contributed by atoms with Crippen molar-refractivity contribution in [2.24, 2.45) is 0 Å². The van der Waals surface area contributed by atoms with E-state index >= 15 is 0 Å². The molecule has 1 amide bonds. The summed E-state index contributed by atoms with van der Waals surface area (Å²) in [5, 5.41) is 0.194. The first-order valence-electron chi connectivity index (χ1n) is 8.35. The highest BCUT2D eigenvalue weighted by Gasteiger charge is 2.29. The van der Waals surface area contributed by atoms with E-state index in [2.05, 4.69) is 5.43 Å². The van der Waals surface area contributed by atoms with Gasteiger partial charge in [-0.1, -0.05) is 28.8 Å². The van der Waals surface area contributed by atoms with Gasteiger partial charge in [-0.15, -0.1) is 5.23 Å². The van der Waals surface area contributed by atoms with Gasteiger partial charge < -0.3 is 0 Å². The Hall–Kier alpha value is -3.95. The molecule has 0 unspecified atom stereocenters. The second kappa shape index (κ2) is 6.65. The van der Waals surface area contributed by atoms with Crippen LogP contribution in [0.5, 0.6) is 0 Å². The summed E-state index contributed by atoms with van der Waals surface area (Å²) < 4.78 is 15.2. The molecule has 1 aromatic heterocycles. The highest BCUT2D eigenvalue weighted by atomic mass is 19.2. The molecule has 0 radical (unpaired) electrons. The van der Waals surface area contributed by atoms with Crippen molar-refractivity contribution >= 4 is 5.91 Å². The third-order valence-electron chi connectivity index (χ3n) is 4.46. The van der Waals surface area contributed by atoms with E-state index in [-0.39, 0.29) is 23.0 Å². The van der Waals surface area contributed by atoms with E-state index in [4.69, 9.17) is 0 Å². The van der Waals surface area contributed by atoms with Gasteiger partial charge in [-0.25, -0.2) is 24.4 Å². The van der Waals surface area contributed by atoms with Crippen LogP contribution in [-0.2, 0) is 11.2 Å². The number of H-pyrrole nitrogens is 2. The molecule has 0 saturated carbocycles. The monoisotopic (exact) mass is 383 g/mol. The smallest absolute Gasteiger partial charge is 0.267 e. The normalized spacial score (nSPS) is 16.0. The number of amides is 1. The Morgan fingerprint density at radius 1 is 1.07 bits per heavy atom. The van der Waals surface area contributed by atoms with Gasteiger partial charge in [0.1, 0.15) is 0 Å². The Balaban J connectivity index is 1.76. The number of fused-ring (bicyclic) bond motifs is 1. The van der Waals surface area contributed by atoms with E-state index in [1.165, 1.54) is 12.1 Å². The van der Waals surface area contributed by atoms with E-state index in [1.807, 2.05) is 16.0 Å². The molecule has 2 heterocycles. The number of halogens is 1. The molecule has 0 saturated heterocycles. The molecule has 2 aromatic rings. The van der Waals surface area contributed by atoms with Gasteiger partial charge in [-0.3, -0.25) is 14.8 Å². The van der Waals surface area contributed by atoms with Crippen LogP contribution >= 0.6 is 0 Å². The first-order chi connectivity index (χ1) is 13.4. The molecule has 3 N–H and O–H groups in total. The van der Waals surface area contributed by atoms with Crippen LogP contribution in [0.4, 0.5) is 4.48 Å². The van der Waals surface area contributed by atoms with Gasteiger partial charge in [-0.2, -0.15) is 0 Å². The molecular formula is C18H14FN5O4. The minimum atomic E-state index is -0.898. The SMILES string of the molecule is O=C1NN(F)C(Cc2cccc(-n3c(=O)[nH]c(=O)[nH]c3=O)c2)=C2CC=CC=C12. The zero-order valence-corrected chi connectivity index (χ0v) is 14.4. The van der Waals surface area contributed by atoms with Crippen molar-refractivity contribution in [2.75, 3.05) is 0 Å². The van der Waals surface area contributed by atoms with Gasteiger partial charge in [0.2, 0.25) is 0 Å². The number of hydrazine groups is 1. The van der Waals surface area contributed by atoms with Crippen molar-refractivity contribution in [1.29, 1.82) is 0 Å². The van der Waals surface area contributed by atoms with Crippen LogP contribution < -0.4 is 22.5 Å². The highest BCUT2D eigenvalue weighted by Crippen LogP contribution is 2.30. The Morgan fingerprint density at radius 2 is 1.82 bits per heavy atom. The second-order valence-electron chi connectivity index (χ2n) is 6.23. The highest BCUT2D eigenvalue weighted by molar-refractivity contribution is 5.99. The second-order valence-corrected chi connectivity index (χ2v) is 6.23. The number of benzene rings is 1. The largest absolute Gasteiger partial charge is 0.338 e. The minimum absolute atomic E-state index is 0.112. The lowest BCUT2D eigenvalue weighted by Crippen LogP contribution is -2.43. The summed E-state index contributed by atoms with van der Waals surface area (Å²) in [5.74, 6) is -0.523. The first kappa shape index (κ1) is 17.5. The van der Waals surface area contributed by atoms with Crippen LogP contribution in [-0.4, -0.2) is 25.7 Å². The van der Waals surface area contributed by atoms with Gasteiger partial charge in [0.05, 0.1) is 11.4 Å². The average molecular weight is 383 g/mol. The van der Waals surface area contributed by atoms with Gasteiger partial charge in [0.15, 0.2) is 0 Å². The van der Waals surface area contributed by atoms with E-state index in [1.54, 1.807) is 24.3 Å². The number of carbonyl (C=O) groups excluding carboxylic acids is 1. The molecule has 10 heteroatoms. The molecule has 0 bridgehead atoms. The fraction of sp³-hybridized carbons (Fsp3) is 0.111. The van der Waals surface area contributed by atoms with Crippen molar-refractivity contribution < 1.29 is 9.28 Å². The molecule has 142 valence electrons. The summed E-state index contributed by atoms with van der Waals surface area (Å²) in [6, 6.07) is 6.36. The third kappa shape index (κ3) is 3.00. The summed E-state index contributed by atoms with van der Waals surface area (Å²) in [6.07, 6.45) is 5.70. The van der Waals surface area contributed by atoms with E-state index < -0.39 is 23.0 Å². The maximum Gasteiger partial charge on any atom is 0.338 e. The van der Waals surface area contributed by atoms with Crippen LogP contribution in [0.1, 0.15) is 12.0 Å². The summed E-state index contributed by atoms with van der Waals surface area (Å²) in [7, 11) is 0. The zero-order chi connectivity index (χ0) is 19.8. The molecular weight excluding hydrogens is 369 g/mol. The lowest BCUT2D eigenvalue weighted by molar-refractivity contribution is -0.129. The molecule has 9 nitrogen and oxygen atoms in total. The number of aromatic nitrogens is 3. The molecule has 0 atom stereocenters. The Kier molecular flexibility index (Phi) is 4.15. The standard InChI is InChI=1S/C18H14FN5O4/c19-24-14(12-6-1-2-7-13(12)15(25)22-24)9-10-4-3-5-11(8-10)23-17(27)20-16(26)21-18(23)28/h1-5,7-8H,6,9H2,(H,22,25)(H2,20,21,26,27,28). The predicted molar refractivity (Wildman–Crippen MR) is 96.9 cm³/mol. The third-order valence-corrected chi connectivity index (χ3v) is 4.46. The Bertz CT molecular complexity index is 1210. The maximum absolute atomic E-state index is 14.4. The molecule has 2 aliphatic rings. The maximum atomic E-state index is 14.4. The van der Waals surface area contributed by atoms with Crippen molar-refractivity contribution in [3.63, 3.8) is 0 Å². The van der Waals surface area contributed by atoms with Crippen LogP contribution in [0.2, 0.25) is 0 Å². The fourth-order valence-corrected chi connectivity index (χ4v) is 3.22. The van der Waals surface area contributed by atoms with Crippen LogP contribution in [0.25, 0.3) is 5.69 Å². The topological polar surface area (TPSA) is 120 Å². The molecule has 1 aromatic carbocycles. The Labute approximate surface area is 156 Å². The van der Waals surface area contributed by atoms with Crippen molar-refractivity contribution in [2.45, 2.75) is 12.8 Å².